The molecule has 8 heteroatoms. The van der Waals surface area contributed by atoms with Gasteiger partial charge in [0.05, 0.1) is 23.0 Å². The van der Waals surface area contributed by atoms with Gasteiger partial charge in [-0.2, -0.15) is 0 Å². The van der Waals surface area contributed by atoms with Crippen molar-refractivity contribution in [2.45, 2.75) is 0 Å². The second-order valence-electron chi connectivity index (χ2n) is 6.68. The maximum Gasteiger partial charge on any atom is 0.248 e. The molecule has 3 aromatic carbocycles. The molecule has 4 aromatic rings. The normalized spacial score (nSPS) is 11.5. The molecular formula is C21H18N4O3S. The van der Waals surface area contributed by atoms with Crippen molar-refractivity contribution in [3.05, 3.63) is 72.3 Å². The van der Waals surface area contributed by atoms with Gasteiger partial charge < -0.3 is 11.1 Å². The number of pyridine rings is 1. The number of sulfonamides is 1. The molecule has 1 amide bonds. The van der Waals surface area contributed by atoms with Crippen molar-refractivity contribution >= 4 is 54.8 Å². The van der Waals surface area contributed by atoms with Crippen LogP contribution in [-0.2, 0) is 10.0 Å². The summed E-state index contributed by atoms with van der Waals surface area (Å²) in [4.78, 5) is 16.2. The van der Waals surface area contributed by atoms with Gasteiger partial charge in [-0.05, 0) is 48.5 Å². The van der Waals surface area contributed by atoms with E-state index in [4.69, 9.17) is 5.73 Å². The Morgan fingerprint density at radius 3 is 2.24 bits per heavy atom. The van der Waals surface area contributed by atoms with Crippen LogP contribution in [0.4, 0.5) is 17.1 Å². The van der Waals surface area contributed by atoms with Crippen molar-refractivity contribution in [3.63, 3.8) is 0 Å². The second kappa shape index (κ2) is 7.06. The van der Waals surface area contributed by atoms with Gasteiger partial charge in [0.1, 0.15) is 0 Å². The maximum atomic E-state index is 11.5. The SMILES string of the molecule is CS(=O)(=O)Nc1ccc(Nc2c3ccccc3nc3cc(C(N)=O)ccc23)cc1. The van der Waals surface area contributed by atoms with E-state index in [9.17, 15) is 13.2 Å². The first-order valence-corrected chi connectivity index (χ1v) is 10.7. The number of hydrogen-bond acceptors (Lipinski definition) is 5. The number of para-hydroxylation sites is 1. The Labute approximate surface area is 167 Å². The highest BCUT2D eigenvalue weighted by atomic mass is 32.2. The number of nitrogens with two attached hydrogens (primary N) is 1. The van der Waals surface area contributed by atoms with Gasteiger partial charge in [0.25, 0.3) is 0 Å². The summed E-state index contributed by atoms with van der Waals surface area (Å²) in [5.41, 5.74) is 9.32. The van der Waals surface area contributed by atoms with Gasteiger partial charge in [0.15, 0.2) is 0 Å². The van der Waals surface area contributed by atoms with Crippen molar-refractivity contribution in [2.75, 3.05) is 16.3 Å². The molecule has 0 aliphatic heterocycles. The number of benzene rings is 3. The molecule has 0 atom stereocenters. The molecule has 146 valence electrons. The van der Waals surface area contributed by atoms with E-state index in [2.05, 4.69) is 15.0 Å². The first-order valence-electron chi connectivity index (χ1n) is 8.77. The van der Waals surface area contributed by atoms with Crippen LogP contribution in [0, 0.1) is 0 Å². The molecule has 4 rings (SSSR count). The zero-order chi connectivity index (χ0) is 20.6. The molecule has 0 saturated heterocycles. The summed E-state index contributed by atoms with van der Waals surface area (Å²) in [5.74, 6) is -0.509. The molecule has 4 N–H and O–H groups in total. The fourth-order valence-electron chi connectivity index (χ4n) is 3.16. The minimum atomic E-state index is -3.33. The molecule has 0 saturated carbocycles. The summed E-state index contributed by atoms with van der Waals surface area (Å²) in [6.07, 6.45) is 1.11. The number of nitrogens with zero attached hydrogens (tertiary/aromatic N) is 1. The standard InChI is InChI=1S/C21H18N4O3S/c1-29(27,28)25-15-9-7-14(8-10-15)23-20-16-4-2-3-5-18(16)24-19-12-13(21(22)26)6-11-17(19)20/h2-12,25H,1H3,(H2,22,26)(H,23,24). The highest BCUT2D eigenvalue weighted by Gasteiger charge is 2.12. The zero-order valence-corrected chi connectivity index (χ0v) is 16.3. The Bertz CT molecular complexity index is 1350. The van der Waals surface area contributed by atoms with Crippen molar-refractivity contribution < 1.29 is 13.2 Å². The largest absolute Gasteiger partial charge is 0.366 e. The van der Waals surface area contributed by atoms with Crippen LogP contribution in [0.15, 0.2) is 66.7 Å². The van der Waals surface area contributed by atoms with Crippen LogP contribution >= 0.6 is 0 Å². The highest BCUT2D eigenvalue weighted by molar-refractivity contribution is 7.92. The molecule has 0 aliphatic carbocycles. The Kier molecular flexibility index (Phi) is 4.56. The second-order valence-corrected chi connectivity index (χ2v) is 8.43. The van der Waals surface area contributed by atoms with Crippen molar-refractivity contribution in [1.29, 1.82) is 0 Å². The van der Waals surface area contributed by atoms with Crippen molar-refractivity contribution in [2.24, 2.45) is 5.73 Å². The zero-order valence-electron chi connectivity index (χ0n) is 15.5. The lowest BCUT2D eigenvalue weighted by Crippen LogP contribution is -2.10. The molecule has 0 spiro atoms. The molecule has 1 heterocycles. The molecule has 1 aromatic heterocycles. The maximum absolute atomic E-state index is 11.5. The predicted octanol–water partition coefficient (Wildman–Crippen LogP) is 3.60. The lowest BCUT2D eigenvalue weighted by atomic mass is 10.0. The van der Waals surface area contributed by atoms with Crippen LogP contribution in [0.2, 0.25) is 0 Å². The molecule has 0 radical (unpaired) electrons. The van der Waals surface area contributed by atoms with E-state index in [-0.39, 0.29) is 0 Å². The topological polar surface area (TPSA) is 114 Å². The van der Waals surface area contributed by atoms with E-state index in [1.54, 1.807) is 36.4 Å². The summed E-state index contributed by atoms with van der Waals surface area (Å²) in [7, 11) is -3.33. The van der Waals surface area contributed by atoms with Crippen LogP contribution in [-0.4, -0.2) is 25.6 Å². The van der Waals surface area contributed by atoms with Crippen LogP contribution in [0.3, 0.4) is 0 Å². The predicted molar refractivity (Wildman–Crippen MR) is 116 cm³/mol. The van der Waals surface area contributed by atoms with Gasteiger partial charge in [0.2, 0.25) is 15.9 Å². The number of hydrogen-bond donors (Lipinski definition) is 3. The number of amides is 1. The summed E-state index contributed by atoms with van der Waals surface area (Å²) in [5, 5.41) is 5.16. The number of anilines is 3. The quantitative estimate of drug-likeness (QED) is 0.438. The van der Waals surface area contributed by atoms with Crippen LogP contribution in [0.1, 0.15) is 10.4 Å². The van der Waals surface area contributed by atoms with E-state index >= 15 is 0 Å². The van der Waals surface area contributed by atoms with E-state index in [0.29, 0.717) is 16.8 Å². The smallest absolute Gasteiger partial charge is 0.248 e. The number of fused-ring (bicyclic) bond motifs is 2. The van der Waals surface area contributed by atoms with Gasteiger partial charge in [-0.15, -0.1) is 0 Å². The van der Waals surface area contributed by atoms with Gasteiger partial charge in [0, 0.05) is 27.7 Å². The third-order valence-corrected chi connectivity index (χ3v) is 5.03. The number of carbonyl (C=O) groups is 1. The van der Waals surface area contributed by atoms with Crippen molar-refractivity contribution in [3.8, 4) is 0 Å². The third kappa shape index (κ3) is 3.97. The van der Waals surface area contributed by atoms with Gasteiger partial charge >= 0.3 is 0 Å². The summed E-state index contributed by atoms with van der Waals surface area (Å²) in [6.45, 7) is 0. The molecular weight excluding hydrogens is 388 g/mol. The van der Waals surface area contributed by atoms with Crippen LogP contribution in [0.5, 0.6) is 0 Å². The summed E-state index contributed by atoms with van der Waals surface area (Å²) < 4.78 is 25.2. The fourth-order valence-corrected chi connectivity index (χ4v) is 3.73. The third-order valence-electron chi connectivity index (χ3n) is 4.42. The average Bonchev–Trinajstić information content (AvgIpc) is 2.67. The molecule has 0 fully saturated rings. The minimum absolute atomic E-state index is 0.391. The van der Waals surface area contributed by atoms with Crippen LogP contribution in [0.25, 0.3) is 21.8 Å². The first kappa shape index (κ1) is 18.7. The number of rotatable bonds is 5. The van der Waals surface area contributed by atoms with Crippen LogP contribution < -0.4 is 15.8 Å². The van der Waals surface area contributed by atoms with Gasteiger partial charge in [-0.1, -0.05) is 18.2 Å². The minimum Gasteiger partial charge on any atom is -0.366 e. The fraction of sp³-hybridized carbons (Fsp3) is 0.0476. The Morgan fingerprint density at radius 2 is 1.55 bits per heavy atom. The van der Waals surface area contributed by atoms with Gasteiger partial charge in [-0.25, -0.2) is 13.4 Å². The van der Waals surface area contributed by atoms with E-state index in [1.165, 1.54) is 0 Å². The lowest BCUT2D eigenvalue weighted by molar-refractivity contribution is 0.100. The lowest BCUT2D eigenvalue weighted by Gasteiger charge is -2.14. The average molecular weight is 406 g/mol. The Morgan fingerprint density at radius 1 is 0.897 bits per heavy atom. The van der Waals surface area contributed by atoms with E-state index < -0.39 is 15.9 Å². The highest BCUT2D eigenvalue weighted by Crippen LogP contribution is 2.33. The number of carbonyl (C=O) groups excluding carboxylic acids is 1. The summed E-state index contributed by atoms with van der Waals surface area (Å²) >= 11 is 0. The Balaban J connectivity index is 1.81. The molecule has 0 aliphatic rings. The van der Waals surface area contributed by atoms with E-state index in [1.807, 2.05) is 30.3 Å². The number of nitrogens with one attached hydrogen (secondary N) is 2. The monoisotopic (exact) mass is 406 g/mol. The number of aromatic nitrogens is 1. The van der Waals surface area contributed by atoms with E-state index in [0.717, 1.165) is 33.9 Å². The number of primary amides is 1. The Hall–Kier alpha value is -3.65. The molecule has 0 unspecified atom stereocenters. The van der Waals surface area contributed by atoms with Gasteiger partial charge in [-0.3, -0.25) is 9.52 Å². The first-order chi connectivity index (χ1) is 13.8. The molecule has 0 bridgehead atoms. The molecule has 29 heavy (non-hydrogen) atoms. The summed E-state index contributed by atoms with van der Waals surface area (Å²) in [6, 6.07) is 19.8. The molecule has 7 nitrogen and oxygen atoms in total. The van der Waals surface area contributed by atoms with Crippen molar-refractivity contribution in [1.82, 2.24) is 4.98 Å².